The van der Waals surface area contributed by atoms with Crippen molar-refractivity contribution in [3.63, 3.8) is 0 Å². The molecule has 1 radical (unpaired) electrons. The van der Waals surface area contributed by atoms with Crippen molar-refractivity contribution in [2.75, 3.05) is 30.3 Å². The van der Waals surface area contributed by atoms with Crippen molar-refractivity contribution in [1.29, 1.82) is 0 Å². The molecule has 0 aromatic heterocycles. The third-order valence-electron chi connectivity index (χ3n) is 5.87. The number of para-hydroxylation sites is 1. The Morgan fingerprint density at radius 2 is 2.09 bits per heavy atom. The van der Waals surface area contributed by atoms with Gasteiger partial charge >= 0.3 is 6.18 Å². The first-order chi connectivity index (χ1) is 16.5. The van der Waals surface area contributed by atoms with Gasteiger partial charge in [0.25, 0.3) is 5.91 Å². The Labute approximate surface area is 205 Å². The molecule has 2 amide bonds. The lowest BCUT2D eigenvalue weighted by atomic mass is 10.1. The highest BCUT2D eigenvalue weighted by atomic mass is 32.2. The summed E-state index contributed by atoms with van der Waals surface area (Å²) in [5, 5.41) is 8.78. The quantitative estimate of drug-likeness (QED) is 0.564. The van der Waals surface area contributed by atoms with E-state index in [0.717, 1.165) is 24.7 Å². The maximum Gasteiger partial charge on any atom is 0.416 e. The van der Waals surface area contributed by atoms with Gasteiger partial charge in [-0.2, -0.15) is 13.2 Å². The molecule has 0 aliphatic carbocycles. The normalized spacial score (nSPS) is 22.4. The molecule has 187 valence electrons. The second kappa shape index (κ2) is 9.71. The number of nitrogens with zero attached hydrogens (tertiary/aromatic N) is 1. The molecule has 11 heteroatoms. The van der Waals surface area contributed by atoms with E-state index in [4.69, 9.17) is 4.74 Å². The number of thioether (sulfide) groups is 1. The third kappa shape index (κ3) is 5.41. The molecular formula is C24H26F3N4O3S. The van der Waals surface area contributed by atoms with E-state index in [9.17, 15) is 22.8 Å². The summed E-state index contributed by atoms with van der Waals surface area (Å²) in [5.74, 6) is -0.870. The summed E-state index contributed by atoms with van der Waals surface area (Å²) in [6.07, 6.45) is -4.96. The second-order valence-corrected chi connectivity index (χ2v) is 10.0. The number of hydrogen-bond donors (Lipinski definition) is 3. The Bertz CT molecular complexity index is 1130. The molecule has 4 rings (SSSR count). The fourth-order valence-corrected chi connectivity index (χ4v) is 5.53. The van der Waals surface area contributed by atoms with Crippen LogP contribution in [0.15, 0.2) is 41.3 Å². The van der Waals surface area contributed by atoms with Crippen LogP contribution in [0.3, 0.4) is 0 Å². The van der Waals surface area contributed by atoms with Gasteiger partial charge in [0.2, 0.25) is 5.91 Å². The number of alkyl halides is 3. The number of hydrogen-bond acceptors (Lipinski definition) is 6. The predicted octanol–water partition coefficient (Wildman–Crippen LogP) is 4.17. The van der Waals surface area contributed by atoms with E-state index in [-0.39, 0.29) is 23.2 Å². The zero-order valence-electron chi connectivity index (χ0n) is 19.5. The smallest absolute Gasteiger partial charge is 0.370 e. The van der Waals surface area contributed by atoms with Crippen molar-refractivity contribution in [2.24, 2.45) is 0 Å². The highest BCUT2D eigenvalue weighted by Gasteiger charge is 2.49. The Morgan fingerprint density at radius 1 is 1.31 bits per heavy atom. The zero-order chi connectivity index (χ0) is 25.4. The molecule has 2 unspecified atom stereocenters. The third-order valence-corrected chi connectivity index (χ3v) is 7.22. The van der Waals surface area contributed by atoms with Gasteiger partial charge in [-0.25, -0.2) is 0 Å². The van der Waals surface area contributed by atoms with Gasteiger partial charge in [0.05, 0.1) is 23.4 Å². The maximum atomic E-state index is 13.1. The van der Waals surface area contributed by atoms with Gasteiger partial charge in [0, 0.05) is 42.7 Å². The van der Waals surface area contributed by atoms with Crippen LogP contribution in [0.5, 0.6) is 0 Å². The molecule has 0 spiro atoms. The lowest BCUT2D eigenvalue weighted by Crippen LogP contribution is -2.64. The average Bonchev–Trinajstić information content (AvgIpc) is 3.17. The van der Waals surface area contributed by atoms with Gasteiger partial charge in [0.1, 0.15) is 6.10 Å². The number of carbonyl (C=O) groups is 2. The standard InChI is InChI=1S/C24H26F3N4O3S/c1-14(2)31-10-11-34-20(13-31)24(29-15(3)32)30-21-18(8-5-9-19(21)35-24)22(33)28-17-7-4-6-16(12-17)23(25,26)27/h4-6,8-9,12,14,20,30H,10-11,13H2,1-3H3,(H,28,33)(H,29,32). The molecule has 2 aliphatic heterocycles. The van der Waals surface area contributed by atoms with Crippen molar-refractivity contribution in [3.05, 3.63) is 53.6 Å². The lowest BCUT2D eigenvalue weighted by molar-refractivity contribution is -0.137. The van der Waals surface area contributed by atoms with Crippen LogP contribution in [-0.2, 0) is 15.7 Å². The monoisotopic (exact) mass is 507 g/mol. The molecule has 1 fully saturated rings. The average molecular weight is 508 g/mol. The van der Waals surface area contributed by atoms with E-state index in [2.05, 4.69) is 40.8 Å². The van der Waals surface area contributed by atoms with Gasteiger partial charge in [-0.05, 0) is 38.1 Å². The molecule has 2 atom stereocenters. The summed E-state index contributed by atoms with van der Waals surface area (Å²) < 4.78 is 45.3. The highest BCUT2D eigenvalue weighted by Crippen LogP contribution is 2.48. The topological polar surface area (TPSA) is 82.7 Å². The number of amides is 2. The minimum absolute atomic E-state index is 0.0932. The molecule has 35 heavy (non-hydrogen) atoms. The van der Waals surface area contributed by atoms with Crippen LogP contribution in [0.1, 0.15) is 36.7 Å². The molecule has 0 saturated carbocycles. The van der Waals surface area contributed by atoms with Crippen molar-refractivity contribution in [3.8, 4) is 0 Å². The minimum atomic E-state index is -4.54. The minimum Gasteiger partial charge on any atom is -0.370 e. The Kier molecular flexibility index (Phi) is 7.03. The van der Waals surface area contributed by atoms with Crippen molar-refractivity contribution in [1.82, 2.24) is 10.2 Å². The number of carbonyl (C=O) groups excluding carboxylic acids is 2. The highest BCUT2D eigenvalue weighted by molar-refractivity contribution is 8.01. The molecule has 2 aromatic rings. The van der Waals surface area contributed by atoms with Crippen LogP contribution in [0, 0.1) is 6.07 Å². The van der Waals surface area contributed by atoms with Crippen molar-refractivity contribution in [2.45, 2.75) is 49.0 Å². The maximum absolute atomic E-state index is 13.1. The molecule has 7 nitrogen and oxygen atoms in total. The van der Waals surface area contributed by atoms with Gasteiger partial charge < -0.3 is 20.7 Å². The predicted molar refractivity (Wildman–Crippen MR) is 127 cm³/mol. The molecule has 2 heterocycles. The van der Waals surface area contributed by atoms with Crippen LogP contribution >= 0.6 is 11.8 Å². The Morgan fingerprint density at radius 3 is 2.77 bits per heavy atom. The number of anilines is 2. The Balaban J connectivity index is 1.62. The van der Waals surface area contributed by atoms with Crippen LogP contribution in [0.25, 0.3) is 0 Å². The summed E-state index contributed by atoms with van der Waals surface area (Å²) in [6.45, 7) is 7.40. The van der Waals surface area contributed by atoms with E-state index < -0.39 is 28.7 Å². The molecule has 3 N–H and O–H groups in total. The molecule has 2 aliphatic rings. The molecule has 1 saturated heterocycles. The van der Waals surface area contributed by atoms with Crippen LogP contribution < -0.4 is 16.0 Å². The number of nitrogens with one attached hydrogen (secondary N) is 3. The van der Waals surface area contributed by atoms with Gasteiger partial charge in [-0.15, -0.1) is 0 Å². The fraction of sp³-hybridized carbons (Fsp3) is 0.417. The molecular weight excluding hydrogens is 481 g/mol. The summed E-state index contributed by atoms with van der Waals surface area (Å²) in [7, 11) is 0. The molecule has 0 bridgehead atoms. The number of rotatable bonds is 5. The summed E-state index contributed by atoms with van der Waals surface area (Å²) >= 11 is 1.34. The van der Waals surface area contributed by atoms with Crippen molar-refractivity contribution >= 4 is 35.0 Å². The van der Waals surface area contributed by atoms with E-state index >= 15 is 0 Å². The summed E-state index contributed by atoms with van der Waals surface area (Å²) in [6, 6.07) is 10.8. The van der Waals surface area contributed by atoms with Crippen LogP contribution in [0.4, 0.5) is 24.5 Å². The number of benzene rings is 2. The van der Waals surface area contributed by atoms with Crippen LogP contribution in [-0.4, -0.2) is 53.6 Å². The zero-order valence-corrected chi connectivity index (χ0v) is 20.3. The summed E-state index contributed by atoms with van der Waals surface area (Å²) in [5.41, 5.74) is -0.276. The largest absolute Gasteiger partial charge is 0.416 e. The first-order valence-electron chi connectivity index (χ1n) is 11.1. The van der Waals surface area contributed by atoms with E-state index in [1.54, 1.807) is 12.1 Å². The second-order valence-electron chi connectivity index (χ2n) is 8.71. The van der Waals surface area contributed by atoms with E-state index in [1.807, 2.05) is 6.07 Å². The Hall–Kier alpha value is -2.76. The number of morpholine rings is 1. The lowest BCUT2D eigenvalue weighted by Gasteiger charge is -2.44. The van der Waals surface area contributed by atoms with Gasteiger partial charge in [-0.3, -0.25) is 14.5 Å². The SMILES string of the molecule is CC(=O)NC1(C2CN(C(C)C)CCO2)Nc2c(cccc2C(=O)Nc2[c]ccc(C(F)(F)F)c2)S1. The number of fused-ring (bicyclic) bond motifs is 1. The van der Waals surface area contributed by atoms with E-state index in [0.29, 0.717) is 23.7 Å². The van der Waals surface area contributed by atoms with Gasteiger partial charge in [-0.1, -0.05) is 23.9 Å². The first kappa shape index (κ1) is 25.3. The van der Waals surface area contributed by atoms with E-state index in [1.165, 1.54) is 18.7 Å². The number of ether oxygens (including phenoxy) is 1. The number of halogens is 3. The van der Waals surface area contributed by atoms with Crippen LogP contribution in [0.2, 0.25) is 0 Å². The fourth-order valence-electron chi connectivity index (χ4n) is 4.15. The molecule has 2 aromatic carbocycles. The van der Waals surface area contributed by atoms with Gasteiger partial charge in [0.15, 0.2) is 4.99 Å². The first-order valence-corrected chi connectivity index (χ1v) is 11.9. The van der Waals surface area contributed by atoms with Crippen molar-refractivity contribution < 1.29 is 27.5 Å². The summed E-state index contributed by atoms with van der Waals surface area (Å²) in [4.78, 5) is 27.2.